The highest BCUT2D eigenvalue weighted by molar-refractivity contribution is 9.10. The van der Waals surface area contributed by atoms with Gasteiger partial charge < -0.3 is 10.4 Å². The first-order valence-corrected chi connectivity index (χ1v) is 6.51. The van der Waals surface area contributed by atoms with E-state index in [1.54, 1.807) is 0 Å². The number of benzene rings is 1. The van der Waals surface area contributed by atoms with E-state index in [-0.39, 0.29) is 29.8 Å². The molecule has 0 unspecified atom stereocenters. The predicted molar refractivity (Wildman–Crippen MR) is 74.0 cm³/mol. The molecular formula is C12H15BrN2O4. The van der Waals surface area contributed by atoms with Crippen molar-refractivity contribution in [2.75, 3.05) is 6.61 Å². The number of carbonyl (C=O) groups is 1. The monoisotopic (exact) mass is 330 g/mol. The summed E-state index contributed by atoms with van der Waals surface area (Å²) in [5.41, 5.74) is 0.0183. The van der Waals surface area contributed by atoms with Crippen LogP contribution in [0.2, 0.25) is 0 Å². The smallest absolute Gasteiger partial charge is 0.271 e. The van der Waals surface area contributed by atoms with Gasteiger partial charge in [0.05, 0.1) is 17.6 Å². The van der Waals surface area contributed by atoms with Crippen LogP contribution in [0.3, 0.4) is 0 Å². The Balaban J connectivity index is 2.96. The Morgan fingerprint density at radius 2 is 2.11 bits per heavy atom. The molecule has 0 saturated carbocycles. The van der Waals surface area contributed by atoms with Crippen LogP contribution < -0.4 is 5.32 Å². The summed E-state index contributed by atoms with van der Waals surface area (Å²) < 4.78 is 0.456. The maximum Gasteiger partial charge on any atom is 0.271 e. The number of halogens is 1. The second-order valence-corrected chi connectivity index (χ2v) is 5.38. The molecule has 0 aliphatic carbocycles. The average molecular weight is 331 g/mol. The van der Waals surface area contributed by atoms with Gasteiger partial charge in [-0.15, -0.1) is 0 Å². The number of amides is 1. The molecule has 1 atom stereocenters. The minimum Gasteiger partial charge on any atom is -0.394 e. The van der Waals surface area contributed by atoms with E-state index in [1.807, 2.05) is 13.8 Å². The van der Waals surface area contributed by atoms with Gasteiger partial charge >= 0.3 is 0 Å². The fraction of sp³-hybridized carbons (Fsp3) is 0.417. The molecule has 0 aliphatic rings. The van der Waals surface area contributed by atoms with E-state index >= 15 is 0 Å². The highest BCUT2D eigenvalue weighted by Crippen LogP contribution is 2.21. The van der Waals surface area contributed by atoms with Gasteiger partial charge in [-0.2, -0.15) is 0 Å². The molecule has 1 aromatic carbocycles. The van der Waals surface area contributed by atoms with Crippen molar-refractivity contribution in [3.63, 3.8) is 0 Å². The van der Waals surface area contributed by atoms with Crippen molar-refractivity contribution in [2.45, 2.75) is 19.9 Å². The SMILES string of the molecule is CC(C)[C@@H](CO)NC(=O)c1cc(Br)cc([N+](=O)[O-])c1. The van der Waals surface area contributed by atoms with Crippen LogP contribution in [0.5, 0.6) is 0 Å². The second-order valence-electron chi connectivity index (χ2n) is 4.46. The lowest BCUT2D eigenvalue weighted by Gasteiger charge is -2.19. The zero-order valence-corrected chi connectivity index (χ0v) is 12.2. The minimum absolute atomic E-state index is 0.0658. The first kappa shape index (κ1) is 15.6. The number of hydrogen-bond acceptors (Lipinski definition) is 4. The zero-order valence-electron chi connectivity index (χ0n) is 10.6. The lowest BCUT2D eigenvalue weighted by atomic mass is 10.0. The van der Waals surface area contributed by atoms with Crippen LogP contribution in [0.15, 0.2) is 22.7 Å². The summed E-state index contributed by atoms with van der Waals surface area (Å²) in [7, 11) is 0. The van der Waals surface area contributed by atoms with Gasteiger partial charge in [0.25, 0.3) is 11.6 Å². The number of nitro benzene ring substituents is 1. The van der Waals surface area contributed by atoms with Gasteiger partial charge in [-0.1, -0.05) is 29.8 Å². The third kappa shape index (κ3) is 4.29. The normalized spacial score (nSPS) is 12.3. The molecule has 104 valence electrons. The van der Waals surface area contributed by atoms with Crippen LogP contribution in [-0.2, 0) is 0 Å². The van der Waals surface area contributed by atoms with Gasteiger partial charge in [-0.3, -0.25) is 14.9 Å². The summed E-state index contributed by atoms with van der Waals surface area (Å²) in [6.07, 6.45) is 0. The minimum atomic E-state index is -0.562. The largest absolute Gasteiger partial charge is 0.394 e. The molecule has 2 N–H and O–H groups in total. The van der Waals surface area contributed by atoms with E-state index < -0.39 is 10.8 Å². The molecule has 0 aliphatic heterocycles. The van der Waals surface area contributed by atoms with Crippen LogP contribution in [-0.4, -0.2) is 28.6 Å². The third-order valence-corrected chi connectivity index (χ3v) is 3.13. The van der Waals surface area contributed by atoms with Gasteiger partial charge in [0.15, 0.2) is 0 Å². The van der Waals surface area contributed by atoms with Crippen molar-refractivity contribution in [3.8, 4) is 0 Å². The lowest BCUT2D eigenvalue weighted by Crippen LogP contribution is -2.41. The number of nitro groups is 1. The van der Waals surface area contributed by atoms with Gasteiger partial charge in [0.2, 0.25) is 0 Å². The van der Waals surface area contributed by atoms with Gasteiger partial charge in [-0.05, 0) is 12.0 Å². The maximum absolute atomic E-state index is 12.0. The standard InChI is InChI=1S/C12H15BrN2O4/c1-7(2)11(6-16)14-12(17)8-3-9(13)5-10(4-8)15(18)19/h3-5,7,11,16H,6H2,1-2H3,(H,14,17)/t11-/m1/s1. The predicted octanol–water partition coefficient (Wildman–Crippen LogP) is 2.10. The molecule has 6 nitrogen and oxygen atoms in total. The van der Waals surface area contributed by atoms with Crippen LogP contribution in [0.4, 0.5) is 5.69 Å². The van der Waals surface area contributed by atoms with Crippen molar-refractivity contribution < 1.29 is 14.8 Å². The molecule has 1 rings (SSSR count). The first-order valence-electron chi connectivity index (χ1n) is 5.72. The van der Waals surface area contributed by atoms with Crippen molar-refractivity contribution in [1.29, 1.82) is 0 Å². The topological polar surface area (TPSA) is 92.5 Å². The zero-order chi connectivity index (χ0) is 14.6. The van der Waals surface area contributed by atoms with Crippen molar-refractivity contribution in [3.05, 3.63) is 38.3 Å². The molecule has 0 bridgehead atoms. The second kappa shape index (κ2) is 6.63. The Hall–Kier alpha value is -1.47. The number of aliphatic hydroxyl groups is 1. The number of nitrogens with zero attached hydrogens (tertiary/aromatic N) is 1. The van der Waals surface area contributed by atoms with Crippen LogP contribution in [0.1, 0.15) is 24.2 Å². The number of hydrogen-bond donors (Lipinski definition) is 2. The highest BCUT2D eigenvalue weighted by Gasteiger charge is 2.18. The summed E-state index contributed by atoms with van der Waals surface area (Å²) in [5, 5.41) is 22.5. The molecule has 1 aromatic rings. The van der Waals surface area contributed by atoms with E-state index in [1.165, 1.54) is 18.2 Å². The molecule has 1 amide bonds. The molecule has 0 radical (unpaired) electrons. The summed E-state index contributed by atoms with van der Waals surface area (Å²) in [4.78, 5) is 22.1. The number of carbonyl (C=O) groups excluding carboxylic acids is 1. The van der Waals surface area contributed by atoms with E-state index in [0.717, 1.165) is 0 Å². The lowest BCUT2D eigenvalue weighted by molar-refractivity contribution is -0.385. The average Bonchev–Trinajstić information content (AvgIpc) is 2.34. The Morgan fingerprint density at radius 3 is 2.58 bits per heavy atom. The molecule has 7 heteroatoms. The number of aliphatic hydroxyl groups excluding tert-OH is 1. The molecule has 0 spiro atoms. The molecule has 0 heterocycles. The van der Waals surface area contributed by atoms with E-state index in [9.17, 15) is 14.9 Å². The fourth-order valence-electron chi connectivity index (χ4n) is 1.49. The number of non-ortho nitro benzene ring substituents is 1. The number of rotatable bonds is 5. The van der Waals surface area contributed by atoms with Gasteiger partial charge in [0, 0.05) is 22.2 Å². The van der Waals surface area contributed by atoms with E-state index in [4.69, 9.17) is 5.11 Å². The van der Waals surface area contributed by atoms with Crippen LogP contribution in [0, 0.1) is 16.0 Å². The summed E-state index contributed by atoms with van der Waals surface area (Å²) in [6, 6.07) is 3.64. The highest BCUT2D eigenvalue weighted by atomic mass is 79.9. The Morgan fingerprint density at radius 1 is 1.47 bits per heavy atom. The number of nitrogens with one attached hydrogen (secondary N) is 1. The first-order chi connectivity index (χ1) is 8.85. The van der Waals surface area contributed by atoms with E-state index in [0.29, 0.717) is 4.47 Å². The van der Waals surface area contributed by atoms with Crippen molar-refractivity contribution in [2.24, 2.45) is 5.92 Å². The molecule has 0 aromatic heterocycles. The van der Waals surface area contributed by atoms with Gasteiger partial charge in [-0.25, -0.2) is 0 Å². The van der Waals surface area contributed by atoms with Crippen molar-refractivity contribution >= 4 is 27.5 Å². The van der Waals surface area contributed by atoms with E-state index in [2.05, 4.69) is 21.2 Å². The van der Waals surface area contributed by atoms with Crippen molar-refractivity contribution in [1.82, 2.24) is 5.32 Å². The summed E-state index contributed by atoms with van der Waals surface area (Å²) >= 11 is 3.13. The molecule has 19 heavy (non-hydrogen) atoms. The Bertz CT molecular complexity index is 491. The third-order valence-electron chi connectivity index (χ3n) is 2.67. The molecule has 0 saturated heterocycles. The molecular weight excluding hydrogens is 316 g/mol. The Labute approximate surface area is 119 Å². The summed E-state index contributed by atoms with van der Waals surface area (Å²) in [6.45, 7) is 3.55. The summed E-state index contributed by atoms with van der Waals surface area (Å²) in [5.74, 6) is -0.381. The fourth-order valence-corrected chi connectivity index (χ4v) is 1.97. The van der Waals surface area contributed by atoms with Gasteiger partial charge in [0.1, 0.15) is 0 Å². The molecule has 0 fully saturated rings. The Kier molecular flexibility index (Phi) is 5.44. The van der Waals surface area contributed by atoms with Crippen LogP contribution >= 0.6 is 15.9 Å². The quantitative estimate of drug-likeness (QED) is 0.638. The maximum atomic E-state index is 12.0. The van der Waals surface area contributed by atoms with Crippen LogP contribution in [0.25, 0.3) is 0 Å².